The van der Waals surface area contributed by atoms with E-state index in [2.05, 4.69) is 54.7 Å². The molecule has 0 saturated carbocycles. The van der Waals surface area contributed by atoms with Crippen LogP contribution in [0, 0.1) is 0 Å². The van der Waals surface area contributed by atoms with Crippen molar-refractivity contribution in [1.29, 1.82) is 0 Å². The minimum absolute atomic E-state index is 0.919. The number of nitrogens with one attached hydrogen (secondary N) is 1. The quantitative estimate of drug-likeness (QED) is 0.852. The molecule has 1 heteroatoms. The molecule has 0 atom stereocenters. The van der Waals surface area contributed by atoms with Gasteiger partial charge < -0.3 is 5.32 Å². The van der Waals surface area contributed by atoms with E-state index in [0.717, 1.165) is 13.0 Å². The third-order valence-corrected chi connectivity index (χ3v) is 4.08. The zero-order valence-corrected chi connectivity index (χ0v) is 11.6. The Balaban J connectivity index is 1.72. The van der Waals surface area contributed by atoms with Gasteiger partial charge in [-0.3, -0.25) is 0 Å². The van der Waals surface area contributed by atoms with E-state index in [1.165, 1.54) is 41.6 Å². The van der Waals surface area contributed by atoms with Crippen molar-refractivity contribution in [3.8, 4) is 0 Å². The van der Waals surface area contributed by atoms with Crippen molar-refractivity contribution >= 4 is 5.69 Å². The highest BCUT2D eigenvalue weighted by molar-refractivity contribution is 5.50. The van der Waals surface area contributed by atoms with Gasteiger partial charge in [-0.1, -0.05) is 37.3 Å². The zero-order chi connectivity index (χ0) is 13.1. The van der Waals surface area contributed by atoms with E-state index in [0.29, 0.717) is 0 Å². The maximum Gasteiger partial charge on any atom is 0.0403 e. The Morgan fingerprint density at radius 2 is 1.74 bits per heavy atom. The summed E-state index contributed by atoms with van der Waals surface area (Å²) in [7, 11) is 0. The summed E-state index contributed by atoms with van der Waals surface area (Å²) >= 11 is 0. The lowest BCUT2D eigenvalue weighted by atomic mass is 10.0. The number of fused-ring (bicyclic) bond motifs is 1. The highest BCUT2D eigenvalue weighted by Crippen LogP contribution is 2.25. The fourth-order valence-electron chi connectivity index (χ4n) is 2.95. The molecule has 0 fully saturated rings. The molecule has 1 aliphatic carbocycles. The van der Waals surface area contributed by atoms with Crippen LogP contribution in [0.1, 0.15) is 35.6 Å². The van der Waals surface area contributed by atoms with Gasteiger partial charge in [0.15, 0.2) is 0 Å². The van der Waals surface area contributed by atoms with Gasteiger partial charge in [0.1, 0.15) is 0 Å². The summed E-state index contributed by atoms with van der Waals surface area (Å²) in [5.74, 6) is 0. The highest BCUT2D eigenvalue weighted by Gasteiger charge is 2.10. The molecule has 2 aromatic rings. The first-order valence-electron chi connectivity index (χ1n) is 7.29. The molecule has 0 amide bonds. The Kier molecular flexibility index (Phi) is 3.54. The van der Waals surface area contributed by atoms with Crippen molar-refractivity contribution in [3.05, 3.63) is 64.7 Å². The Morgan fingerprint density at radius 1 is 0.947 bits per heavy atom. The van der Waals surface area contributed by atoms with Crippen LogP contribution in [-0.4, -0.2) is 0 Å². The van der Waals surface area contributed by atoms with E-state index in [9.17, 15) is 0 Å². The molecule has 0 bridgehead atoms. The predicted octanol–water partition coefficient (Wildman–Crippen LogP) is 4.35. The van der Waals surface area contributed by atoms with Crippen molar-refractivity contribution < 1.29 is 0 Å². The summed E-state index contributed by atoms with van der Waals surface area (Å²) in [6.45, 7) is 3.14. The molecular weight excluding hydrogens is 230 g/mol. The minimum Gasteiger partial charge on any atom is -0.381 e. The van der Waals surface area contributed by atoms with Crippen molar-refractivity contribution in [2.75, 3.05) is 5.32 Å². The van der Waals surface area contributed by atoms with E-state index < -0.39 is 0 Å². The number of benzene rings is 2. The van der Waals surface area contributed by atoms with Crippen LogP contribution >= 0.6 is 0 Å². The second kappa shape index (κ2) is 5.48. The summed E-state index contributed by atoms with van der Waals surface area (Å²) in [6.07, 6.45) is 4.92. The largest absolute Gasteiger partial charge is 0.381 e. The molecule has 1 aliphatic rings. The second-order valence-corrected chi connectivity index (χ2v) is 5.31. The maximum atomic E-state index is 3.57. The monoisotopic (exact) mass is 251 g/mol. The van der Waals surface area contributed by atoms with Crippen molar-refractivity contribution in [3.63, 3.8) is 0 Å². The summed E-state index contributed by atoms with van der Waals surface area (Å²) in [5.41, 5.74) is 7.18. The molecule has 2 aromatic carbocycles. The van der Waals surface area contributed by atoms with Crippen LogP contribution in [0.5, 0.6) is 0 Å². The van der Waals surface area contributed by atoms with Gasteiger partial charge in [0, 0.05) is 12.2 Å². The Morgan fingerprint density at radius 3 is 2.58 bits per heavy atom. The molecule has 0 saturated heterocycles. The van der Waals surface area contributed by atoms with Gasteiger partial charge in [0.2, 0.25) is 0 Å². The van der Waals surface area contributed by atoms with Crippen molar-refractivity contribution in [2.45, 2.75) is 39.2 Å². The number of rotatable bonds is 4. The normalized spacial score (nSPS) is 13.3. The van der Waals surface area contributed by atoms with Crippen LogP contribution in [0.25, 0.3) is 0 Å². The first-order chi connectivity index (χ1) is 9.36. The van der Waals surface area contributed by atoms with Crippen LogP contribution in [0.2, 0.25) is 0 Å². The summed E-state index contributed by atoms with van der Waals surface area (Å²) in [5, 5.41) is 3.57. The van der Waals surface area contributed by atoms with Gasteiger partial charge in [-0.15, -0.1) is 0 Å². The van der Waals surface area contributed by atoms with E-state index in [4.69, 9.17) is 0 Å². The van der Waals surface area contributed by atoms with Gasteiger partial charge >= 0.3 is 0 Å². The van der Waals surface area contributed by atoms with Crippen LogP contribution < -0.4 is 5.32 Å². The number of anilines is 1. The standard InChI is InChI=1S/C18H21N/c1-2-14-6-3-4-7-17(14)13-19-18-11-10-15-8-5-9-16(15)12-18/h3-4,6-7,10-12,19H,2,5,8-9,13H2,1H3. The first-order valence-corrected chi connectivity index (χ1v) is 7.29. The van der Waals surface area contributed by atoms with Crippen molar-refractivity contribution in [2.24, 2.45) is 0 Å². The lowest BCUT2D eigenvalue weighted by molar-refractivity contribution is 0.912. The average molecular weight is 251 g/mol. The Bertz CT molecular complexity index is 572. The summed E-state index contributed by atoms with van der Waals surface area (Å²) in [6, 6.07) is 15.5. The van der Waals surface area contributed by atoms with E-state index in [-0.39, 0.29) is 0 Å². The zero-order valence-electron chi connectivity index (χ0n) is 11.6. The fraction of sp³-hybridized carbons (Fsp3) is 0.333. The molecule has 1 N–H and O–H groups in total. The lowest BCUT2D eigenvalue weighted by Crippen LogP contribution is -2.02. The molecule has 0 radical (unpaired) electrons. The van der Waals surface area contributed by atoms with Gasteiger partial charge in [-0.2, -0.15) is 0 Å². The fourth-order valence-corrected chi connectivity index (χ4v) is 2.95. The summed E-state index contributed by atoms with van der Waals surface area (Å²) in [4.78, 5) is 0. The van der Waals surface area contributed by atoms with Crippen LogP contribution in [-0.2, 0) is 25.8 Å². The van der Waals surface area contributed by atoms with Gasteiger partial charge in [-0.25, -0.2) is 0 Å². The topological polar surface area (TPSA) is 12.0 Å². The Labute approximate surface area is 115 Å². The van der Waals surface area contributed by atoms with Crippen LogP contribution in [0.15, 0.2) is 42.5 Å². The Hall–Kier alpha value is -1.76. The number of hydrogen-bond acceptors (Lipinski definition) is 1. The third kappa shape index (κ3) is 2.65. The average Bonchev–Trinajstić information content (AvgIpc) is 2.93. The number of aryl methyl sites for hydroxylation is 3. The molecule has 0 aromatic heterocycles. The maximum absolute atomic E-state index is 3.57. The van der Waals surface area contributed by atoms with Gasteiger partial charge in [0.25, 0.3) is 0 Å². The van der Waals surface area contributed by atoms with Crippen LogP contribution in [0.3, 0.4) is 0 Å². The molecule has 0 heterocycles. The van der Waals surface area contributed by atoms with Gasteiger partial charge in [-0.05, 0) is 60.1 Å². The van der Waals surface area contributed by atoms with E-state index >= 15 is 0 Å². The predicted molar refractivity (Wildman–Crippen MR) is 81.6 cm³/mol. The summed E-state index contributed by atoms with van der Waals surface area (Å²) < 4.78 is 0. The smallest absolute Gasteiger partial charge is 0.0403 e. The SMILES string of the molecule is CCc1ccccc1CNc1ccc2c(c1)CCC2. The molecule has 19 heavy (non-hydrogen) atoms. The number of hydrogen-bond donors (Lipinski definition) is 1. The molecule has 0 spiro atoms. The molecule has 98 valence electrons. The highest BCUT2D eigenvalue weighted by atomic mass is 14.9. The molecule has 1 nitrogen and oxygen atoms in total. The molecule has 3 rings (SSSR count). The first kappa shape index (κ1) is 12.3. The van der Waals surface area contributed by atoms with E-state index in [1.54, 1.807) is 5.56 Å². The molecule has 0 unspecified atom stereocenters. The third-order valence-electron chi connectivity index (χ3n) is 4.08. The molecule has 0 aliphatic heterocycles. The van der Waals surface area contributed by atoms with Crippen molar-refractivity contribution in [1.82, 2.24) is 0 Å². The second-order valence-electron chi connectivity index (χ2n) is 5.31. The lowest BCUT2D eigenvalue weighted by Gasteiger charge is -2.11. The van der Waals surface area contributed by atoms with Gasteiger partial charge in [0.05, 0.1) is 0 Å². The minimum atomic E-state index is 0.919. The van der Waals surface area contributed by atoms with E-state index in [1.807, 2.05) is 0 Å². The van der Waals surface area contributed by atoms with Crippen LogP contribution in [0.4, 0.5) is 5.69 Å². The molecular formula is C18H21N.